The number of hydrogen-bond acceptors (Lipinski definition) is 5. The third-order valence-electron chi connectivity index (χ3n) is 4.68. The molecule has 8 nitrogen and oxygen atoms in total. The number of amides is 3. The lowest BCUT2D eigenvalue weighted by Crippen LogP contribution is -2.30. The average molecular weight is 494 g/mol. The summed E-state index contributed by atoms with van der Waals surface area (Å²) < 4.78 is 6.62. The fraction of sp³-hybridized carbons (Fsp3) is 0.0435. The molecule has 1 fully saturated rings. The predicted molar refractivity (Wildman–Crippen MR) is 122 cm³/mol. The molecule has 1 heterocycles. The van der Waals surface area contributed by atoms with Crippen LogP contribution in [0.25, 0.3) is 6.08 Å². The fourth-order valence-corrected chi connectivity index (χ4v) is 3.57. The largest absolute Gasteiger partial charge is 0.488 e. The number of nitro groups is 1. The first-order chi connectivity index (χ1) is 15.4. The first kappa shape index (κ1) is 21.3. The smallest absolute Gasteiger partial charge is 0.333 e. The molecular weight excluding hydrogens is 478 g/mol. The first-order valence-electron chi connectivity index (χ1n) is 9.50. The molecule has 1 N–H and O–H groups in total. The number of halogens is 1. The Morgan fingerprint density at radius 2 is 1.81 bits per heavy atom. The molecule has 1 aliphatic heterocycles. The van der Waals surface area contributed by atoms with Gasteiger partial charge in [0.2, 0.25) is 0 Å². The van der Waals surface area contributed by atoms with Gasteiger partial charge in [-0.3, -0.25) is 14.9 Å². The number of para-hydroxylation sites is 1. The second kappa shape index (κ2) is 9.03. The molecule has 32 heavy (non-hydrogen) atoms. The number of carbonyl (C=O) groups is 2. The molecule has 0 aliphatic carbocycles. The summed E-state index contributed by atoms with van der Waals surface area (Å²) in [5.41, 5.74) is 1.74. The van der Waals surface area contributed by atoms with Crippen molar-refractivity contribution in [1.29, 1.82) is 0 Å². The highest BCUT2D eigenvalue weighted by Crippen LogP contribution is 2.29. The fourth-order valence-electron chi connectivity index (χ4n) is 3.19. The van der Waals surface area contributed by atoms with Crippen molar-refractivity contribution in [3.05, 3.63) is 104 Å². The van der Waals surface area contributed by atoms with Crippen LogP contribution < -0.4 is 15.0 Å². The molecule has 3 aromatic rings. The zero-order valence-corrected chi connectivity index (χ0v) is 18.1. The van der Waals surface area contributed by atoms with Gasteiger partial charge in [-0.15, -0.1) is 0 Å². The van der Waals surface area contributed by atoms with Gasteiger partial charge in [-0.25, -0.2) is 9.69 Å². The van der Waals surface area contributed by atoms with E-state index in [0.29, 0.717) is 22.6 Å². The first-order valence-corrected chi connectivity index (χ1v) is 10.3. The minimum atomic E-state index is -0.540. The molecule has 0 saturated carbocycles. The van der Waals surface area contributed by atoms with Crippen molar-refractivity contribution in [2.45, 2.75) is 6.61 Å². The molecule has 0 radical (unpaired) electrons. The Labute approximate surface area is 191 Å². The van der Waals surface area contributed by atoms with Crippen LogP contribution in [0.2, 0.25) is 0 Å². The van der Waals surface area contributed by atoms with Crippen molar-refractivity contribution in [3.8, 4) is 5.75 Å². The Kier molecular flexibility index (Phi) is 6.00. The Balaban J connectivity index is 1.59. The number of nitro benzene ring substituents is 1. The van der Waals surface area contributed by atoms with Crippen LogP contribution in [0.4, 0.5) is 16.2 Å². The minimum absolute atomic E-state index is 0.0236. The molecule has 0 bridgehead atoms. The summed E-state index contributed by atoms with van der Waals surface area (Å²) in [5, 5.41) is 13.6. The number of non-ortho nitro benzene ring substituents is 1. The number of urea groups is 1. The second-order valence-corrected chi connectivity index (χ2v) is 7.78. The molecule has 4 rings (SSSR count). The molecule has 0 aromatic heterocycles. The Hall–Kier alpha value is -3.98. The SMILES string of the molecule is O=C1N/C(=C/c2cc(Br)ccc2OCc2cccc([N+](=O)[O-])c2)C(=O)N1c1ccccc1. The number of rotatable bonds is 6. The number of hydrogen-bond donors (Lipinski definition) is 1. The standard InChI is InChI=1S/C23H16BrN3O5/c24-17-9-10-21(32-14-15-5-4-8-19(11-15)27(30)31)16(12-17)13-20-22(28)26(23(29)25-20)18-6-2-1-3-7-18/h1-13H,14H2,(H,25,29)/b20-13+. The van der Waals surface area contributed by atoms with E-state index >= 15 is 0 Å². The third-order valence-corrected chi connectivity index (χ3v) is 5.17. The quantitative estimate of drug-likeness (QED) is 0.224. The topological polar surface area (TPSA) is 102 Å². The van der Waals surface area contributed by atoms with Crippen molar-refractivity contribution in [1.82, 2.24) is 5.32 Å². The number of carbonyl (C=O) groups excluding carboxylic acids is 2. The van der Waals surface area contributed by atoms with Gasteiger partial charge < -0.3 is 10.1 Å². The van der Waals surface area contributed by atoms with E-state index in [1.54, 1.807) is 60.7 Å². The van der Waals surface area contributed by atoms with Crippen LogP contribution in [0.15, 0.2) is 83.0 Å². The van der Waals surface area contributed by atoms with E-state index in [1.807, 2.05) is 0 Å². The van der Waals surface area contributed by atoms with Gasteiger partial charge in [0.1, 0.15) is 18.1 Å². The number of nitrogens with one attached hydrogen (secondary N) is 1. The molecule has 9 heteroatoms. The summed E-state index contributed by atoms with van der Waals surface area (Å²) in [6.45, 7) is 0.0932. The maximum atomic E-state index is 12.9. The van der Waals surface area contributed by atoms with Crippen molar-refractivity contribution in [2.24, 2.45) is 0 Å². The zero-order valence-electron chi connectivity index (χ0n) is 16.5. The molecule has 1 aliphatic rings. The highest BCUT2D eigenvalue weighted by molar-refractivity contribution is 9.10. The van der Waals surface area contributed by atoms with Crippen LogP contribution in [0, 0.1) is 10.1 Å². The molecule has 160 valence electrons. The van der Waals surface area contributed by atoms with E-state index in [0.717, 1.165) is 9.37 Å². The van der Waals surface area contributed by atoms with Gasteiger partial charge in [0.05, 0.1) is 10.6 Å². The molecule has 0 atom stereocenters. The van der Waals surface area contributed by atoms with Crippen LogP contribution in [0.1, 0.15) is 11.1 Å². The van der Waals surface area contributed by atoms with E-state index in [-0.39, 0.29) is 18.0 Å². The molecule has 1 saturated heterocycles. The van der Waals surface area contributed by atoms with Crippen LogP contribution in [-0.4, -0.2) is 16.9 Å². The summed E-state index contributed by atoms with van der Waals surface area (Å²) in [4.78, 5) is 36.8. The Morgan fingerprint density at radius 3 is 2.56 bits per heavy atom. The predicted octanol–water partition coefficient (Wildman–Crippen LogP) is 5.03. The van der Waals surface area contributed by atoms with Gasteiger partial charge in [-0.2, -0.15) is 0 Å². The third kappa shape index (κ3) is 4.52. The van der Waals surface area contributed by atoms with E-state index < -0.39 is 16.9 Å². The highest BCUT2D eigenvalue weighted by atomic mass is 79.9. The van der Waals surface area contributed by atoms with Crippen LogP contribution in [0.3, 0.4) is 0 Å². The molecule has 0 unspecified atom stereocenters. The number of benzene rings is 3. The van der Waals surface area contributed by atoms with E-state index in [2.05, 4.69) is 21.2 Å². The average Bonchev–Trinajstić information content (AvgIpc) is 3.06. The van der Waals surface area contributed by atoms with Crippen LogP contribution in [-0.2, 0) is 11.4 Å². The Morgan fingerprint density at radius 1 is 1.03 bits per heavy atom. The minimum Gasteiger partial charge on any atom is -0.488 e. The highest BCUT2D eigenvalue weighted by Gasteiger charge is 2.34. The van der Waals surface area contributed by atoms with E-state index in [4.69, 9.17) is 4.74 Å². The summed E-state index contributed by atoms with van der Waals surface area (Å²) in [6.07, 6.45) is 1.54. The summed E-state index contributed by atoms with van der Waals surface area (Å²) in [5.74, 6) is -0.0294. The number of anilines is 1. The van der Waals surface area contributed by atoms with Crippen molar-refractivity contribution >= 4 is 45.3 Å². The van der Waals surface area contributed by atoms with E-state index in [9.17, 15) is 19.7 Å². The Bertz CT molecular complexity index is 1240. The van der Waals surface area contributed by atoms with Crippen molar-refractivity contribution in [2.75, 3.05) is 4.90 Å². The summed E-state index contributed by atoms with van der Waals surface area (Å²) in [7, 11) is 0. The normalized spacial score (nSPS) is 14.5. The van der Waals surface area contributed by atoms with Crippen LogP contribution in [0.5, 0.6) is 5.75 Å². The van der Waals surface area contributed by atoms with Crippen LogP contribution >= 0.6 is 15.9 Å². The lowest BCUT2D eigenvalue weighted by molar-refractivity contribution is -0.384. The maximum absolute atomic E-state index is 12.9. The van der Waals surface area contributed by atoms with Gasteiger partial charge in [-0.05, 0) is 42.0 Å². The number of nitrogens with zero attached hydrogens (tertiary/aromatic N) is 2. The second-order valence-electron chi connectivity index (χ2n) is 6.86. The molecule has 3 aromatic carbocycles. The molecular formula is C23H16BrN3O5. The monoisotopic (exact) mass is 493 g/mol. The van der Waals surface area contributed by atoms with Crippen molar-refractivity contribution < 1.29 is 19.2 Å². The maximum Gasteiger partial charge on any atom is 0.333 e. The van der Waals surface area contributed by atoms with Gasteiger partial charge >= 0.3 is 6.03 Å². The molecule has 0 spiro atoms. The van der Waals surface area contributed by atoms with Gasteiger partial charge in [0.25, 0.3) is 11.6 Å². The zero-order chi connectivity index (χ0) is 22.7. The number of ether oxygens (including phenoxy) is 1. The van der Waals surface area contributed by atoms with Gasteiger partial charge in [0.15, 0.2) is 0 Å². The summed E-state index contributed by atoms with van der Waals surface area (Å²) in [6, 6.07) is 19.5. The van der Waals surface area contributed by atoms with Gasteiger partial charge in [0, 0.05) is 22.2 Å². The lowest BCUT2D eigenvalue weighted by atomic mass is 10.1. The number of imide groups is 1. The summed E-state index contributed by atoms with van der Waals surface area (Å²) >= 11 is 3.40. The lowest BCUT2D eigenvalue weighted by Gasteiger charge is -2.11. The molecule has 3 amide bonds. The van der Waals surface area contributed by atoms with E-state index in [1.165, 1.54) is 18.2 Å². The van der Waals surface area contributed by atoms with Crippen molar-refractivity contribution in [3.63, 3.8) is 0 Å². The van der Waals surface area contributed by atoms with Gasteiger partial charge in [-0.1, -0.05) is 46.3 Å².